The van der Waals surface area contributed by atoms with Gasteiger partial charge in [-0.3, -0.25) is 14.5 Å². The number of rotatable bonds is 6. The topological polar surface area (TPSA) is 65.8 Å². The summed E-state index contributed by atoms with van der Waals surface area (Å²) in [6.07, 6.45) is 11.3. The summed E-state index contributed by atoms with van der Waals surface area (Å²) in [6.45, 7) is 3.34. The Bertz CT molecular complexity index is 648. The highest BCUT2D eigenvalue weighted by molar-refractivity contribution is 5.89. The van der Waals surface area contributed by atoms with Gasteiger partial charge in [-0.15, -0.1) is 0 Å². The zero-order valence-corrected chi connectivity index (χ0v) is 16.8. The standard InChI is InChI=1S/C22H33N3O3/c26-21(18-10-6-14-25(18)22(27)17-8-2-1-3-9-17)23-16-19(20-11-7-15-28-20)24-12-4-5-13-24/h7,11,15,17-19H,1-6,8-10,12-14,16H2,(H,23,26)/t18-,19+/m1/s1. The number of amides is 2. The van der Waals surface area contributed by atoms with E-state index in [0.29, 0.717) is 6.54 Å². The van der Waals surface area contributed by atoms with Crippen LogP contribution >= 0.6 is 0 Å². The highest BCUT2D eigenvalue weighted by atomic mass is 16.3. The van der Waals surface area contributed by atoms with Crippen molar-refractivity contribution in [3.8, 4) is 0 Å². The monoisotopic (exact) mass is 387 g/mol. The lowest BCUT2D eigenvalue weighted by molar-refractivity contribution is -0.142. The van der Waals surface area contributed by atoms with Crippen molar-refractivity contribution in [1.82, 2.24) is 15.1 Å². The van der Waals surface area contributed by atoms with Gasteiger partial charge in [-0.2, -0.15) is 0 Å². The van der Waals surface area contributed by atoms with Crippen LogP contribution in [0.2, 0.25) is 0 Å². The first-order valence-corrected chi connectivity index (χ1v) is 11.1. The fraction of sp³-hybridized carbons (Fsp3) is 0.727. The molecular formula is C22H33N3O3. The summed E-state index contributed by atoms with van der Waals surface area (Å²) in [4.78, 5) is 30.2. The molecule has 1 saturated carbocycles. The van der Waals surface area contributed by atoms with Crippen molar-refractivity contribution in [2.24, 2.45) is 5.92 Å². The van der Waals surface area contributed by atoms with Crippen molar-refractivity contribution >= 4 is 11.8 Å². The zero-order valence-electron chi connectivity index (χ0n) is 16.8. The van der Waals surface area contributed by atoms with Crippen LogP contribution in [0.15, 0.2) is 22.8 Å². The molecule has 2 atom stereocenters. The molecule has 1 aliphatic carbocycles. The molecule has 0 aromatic carbocycles. The van der Waals surface area contributed by atoms with Crippen LogP contribution in [-0.2, 0) is 9.59 Å². The SMILES string of the molecule is O=C(NC[C@@H](c1ccco1)N1CCCC1)[C@H]1CCCN1C(=O)C1CCCCC1. The van der Waals surface area contributed by atoms with E-state index in [9.17, 15) is 9.59 Å². The first-order valence-electron chi connectivity index (χ1n) is 11.1. The first-order chi connectivity index (χ1) is 13.7. The molecule has 0 spiro atoms. The fourth-order valence-corrected chi connectivity index (χ4v) is 5.15. The number of nitrogens with one attached hydrogen (secondary N) is 1. The summed E-state index contributed by atoms with van der Waals surface area (Å²) in [5.74, 6) is 1.24. The van der Waals surface area contributed by atoms with E-state index in [-0.39, 0.29) is 29.8 Å². The molecule has 0 unspecified atom stereocenters. The van der Waals surface area contributed by atoms with Gasteiger partial charge in [-0.05, 0) is 63.7 Å². The second kappa shape index (κ2) is 9.12. The molecule has 3 heterocycles. The molecular weight excluding hydrogens is 354 g/mol. The summed E-state index contributed by atoms with van der Waals surface area (Å²) in [7, 11) is 0. The number of hydrogen-bond donors (Lipinski definition) is 1. The molecule has 1 aromatic rings. The number of furan rings is 1. The average molecular weight is 388 g/mol. The smallest absolute Gasteiger partial charge is 0.242 e. The third-order valence-corrected chi connectivity index (χ3v) is 6.72. The Morgan fingerprint density at radius 2 is 1.82 bits per heavy atom. The summed E-state index contributed by atoms with van der Waals surface area (Å²) >= 11 is 0. The maximum absolute atomic E-state index is 13.0. The Balaban J connectivity index is 1.37. The average Bonchev–Trinajstić information content (AvgIpc) is 3.50. The number of carbonyl (C=O) groups excluding carboxylic acids is 2. The van der Waals surface area contributed by atoms with Crippen LogP contribution in [0.5, 0.6) is 0 Å². The molecule has 2 saturated heterocycles. The molecule has 3 fully saturated rings. The number of carbonyl (C=O) groups is 2. The fourth-order valence-electron chi connectivity index (χ4n) is 5.15. The Morgan fingerprint density at radius 1 is 1.04 bits per heavy atom. The Hall–Kier alpha value is -1.82. The number of likely N-dealkylation sites (tertiary alicyclic amines) is 2. The molecule has 2 amide bonds. The van der Waals surface area contributed by atoms with E-state index in [2.05, 4.69) is 10.2 Å². The van der Waals surface area contributed by atoms with Gasteiger partial charge in [0, 0.05) is 19.0 Å². The van der Waals surface area contributed by atoms with Crippen LogP contribution in [-0.4, -0.2) is 53.8 Å². The van der Waals surface area contributed by atoms with Gasteiger partial charge < -0.3 is 14.6 Å². The molecule has 0 bridgehead atoms. The van der Waals surface area contributed by atoms with Crippen molar-refractivity contribution in [2.75, 3.05) is 26.2 Å². The van der Waals surface area contributed by atoms with Crippen molar-refractivity contribution in [1.29, 1.82) is 0 Å². The van der Waals surface area contributed by atoms with Gasteiger partial charge in [0.25, 0.3) is 0 Å². The molecule has 154 valence electrons. The quantitative estimate of drug-likeness (QED) is 0.815. The van der Waals surface area contributed by atoms with Crippen molar-refractivity contribution in [3.05, 3.63) is 24.2 Å². The van der Waals surface area contributed by atoms with Gasteiger partial charge >= 0.3 is 0 Å². The Labute approximate surface area is 167 Å². The molecule has 28 heavy (non-hydrogen) atoms. The van der Waals surface area contributed by atoms with Crippen LogP contribution in [0.25, 0.3) is 0 Å². The van der Waals surface area contributed by atoms with Crippen LogP contribution < -0.4 is 5.32 Å². The third-order valence-electron chi connectivity index (χ3n) is 6.72. The highest BCUT2D eigenvalue weighted by Gasteiger charge is 2.37. The van der Waals surface area contributed by atoms with E-state index < -0.39 is 0 Å². The lowest BCUT2D eigenvalue weighted by atomic mass is 9.88. The predicted octanol–water partition coefficient (Wildman–Crippen LogP) is 3.10. The maximum Gasteiger partial charge on any atom is 0.242 e. The predicted molar refractivity (Wildman–Crippen MR) is 107 cm³/mol. The van der Waals surface area contributed by atoms with Gasteiger partial charge in [0.05, 0.1) is 12.3 Å². The van der Waals surface area contributed by atoms with Gasteiger partial charge in [-0.25, -0.2) is 0 Å². The minimum absolute atomic E-state index is 0.00240. The van der Waals surface area contributed by atoms with E-state index >= 15 is 0 Å². The lowest BCUT2D eigenvalue weighted by Crippen LogP contribution is -2.49. The van der Waals surface area contributed by atoms with Crippen molar-refractivity contribution < 1.29 is 14.0 Å². The molecule has 3 aliphatic rings. The third kappa shape index (κ3) is 4.27. The largest absolute Gasteiger partial charge is 0.468 e. The second-order valence-corrected chi connectivity index (χ2v) is 8.54. The number of nitrogens with zero attached hydrogens (tertiary/aromatic N) is 2. The molecule has 6 nitrogen and oxygen atoms in total. The Morgan fingerprint density at radius 3 is 2.54 bits per heavy atom. The maximum atomic E-state index is 13.0. The van der Waals surface area contributed by atoms with E-state index in [1.54, 1.807) is 6.26 Å². The van der Waals surface area contributed by atoms with Gasteiger partial charge in [0.1, 0.15) is 11.8 Å². The van der Waals surface area contributed by atoms with Crippen LogP contribution in [0.1, 0.15) is 69.6 Å². The Kier molecular flexibility index (Phi) is 6.35. The molecule has 1 aromatic heterocycles. The normalized spacial score (nSPS) is 25.1. The number of hydrogen-bond acceptors (Lipinski definition) is 4. The molecule has 2 aliphatic heterocycles. The summed E-state index contributed by atoms with van der Waals surface area (Å²) < 4.78 is 5.65. The molecule has 0 radical (unpaired) electrons. The van der Waals surface area contributed by atoms with E-state index in [4.69, 9.17) is 4.42 Å². The van der Waals surface area contributed by atoms with E-state index in [0.717, 1.165) is 63.9 Å². The van der Waals surface area contributed by atoms with Crippen LogP contribution in [0.4, 0.5) is 0 Å². The first kappa shape index (κ1) is 19.5. The highest BCUT2D eigenvalue weighted by Crippen LogP contribution is 2.29. The van der Waals surface area contributed by atoms with Crippen molar-refractivity contribution in [2.45, 2.75) is 69.9 Å². The van der Waals surface area contributed by atoms with Crippen LogP contribution in [0, 0.1) is 5.92 Å². The van der Waals surface area contributed by atoms with E-state index in [1.807, 2.05) is 17.0 Å². The zero-order chi connectivity index (χ0) is 19.3. The minimum atomic E-state index is -0.301. The van der Waals surface area contributed by atoms with Gasteiger partial charge in [0.2, 0.25) is 11.8 Å². The molecule has 4 rings (SSSR count). The van der Waals surface area contributed by atoms with Crippen molar-refractivity contribution in [3.63, 3.8) is 0 Å². The van der Waals surface area contributed by atoms with Crippen LogP contribution in [0.3, 0.4) is 0 Å². The van der Waals surface area contributed by atoms with E-state index in [1.165, 1.54) is 19.3 Å². The van der Waals surface area contributed by atoms with Gasteiger partial charge in [0.15, 0.2) is 0 Å². The second-order valence-electron chi connectivity index (χ2n) is 8.54. The summed E-state index contributed by atoms with van der Waals surface area (Å²) in [5, 5.41) is 3.14. The molecule has 6 heteroatoms. The summed E-state index contributed by atoms with van der Waals surface area (Å²) in [5.41, 5.74) is 0. The van der Waals surface area contributed by atoms with Gasteiger partial charge in [-0.1, -0.05) is 19.3 Å². The lowest BCUT2D eigenvalue weighted by Gasteiger charge is -2.31. The molecule has 1 N–H and O–H groups in total. The minimum Gasteiger partial charge on any atom is -0.468 e. The summed E-state index contributed by atoms with van der Waals surface area (Å²) in [6, 6.07) is 3.67.